The first-order valence-electron chi connectivity index (χ1n) is 4.61. The average Bonchev–Trinajstić information content (AvgIpc) is 2.11. The maximum atomic E-state index is 13.7. The van der Waals surface area contributed by atoms with Crippen molar-refractivity contribution in [2.45, 2.75) is 25.7 Å². The number of aliphatic carboxylic acids is 1. The van der Waals surface area contributed by atoms with Gasteiger partial charge in [0, 0.05) is 5.41 Å². The van der Waals surface area contributed by atoms with Crippen LogP contribution in [0.25, 0.3) is 0 Å². The largest absolute Gasteiger partial charge is 0.481 e. The van der Waals surface area contributed by atoms with Crippen LogP contribution in [0, 0.1) is 11.6 Å². The maximum Gasteiger partial charge on any atom is 0.304 e. The fraction of sp³-hybridized carbons (Fsp3) is 0.364. The molecule has 0 aliphatic heterocycles. The Morgan fingerprint density at radius 2 is 2.00 bits per heavy atom. The summed E-state index contributed by atoms with van der Waals surface area (Å²) in [6.45, 7) is 3.20. The summed E-state index contributed by atoms with van der Waals surface area (Å²) < 4.78 is 26.5. The fourth-order valence-corrected chi connectivity index (χ4v) is 1.87. The molecule has 0 saturated heterocycles. The van der Waals surface area contributed by atoms with E-state index in [1.165, 1.54) is 6.07 Å². The molecular weight excluding hydrogens is 282 g/mol. The molecular formula is C11H11BrF2O2. The summed E-state index contributed by atoms with van der Waals surface area (Å²) in [6.07, 6.45) is -0.220. The minimum Gasteiger partial charge on any atom is -0.481 e. The molecule has 0 atom stereocenters. The Balaban J connectivity index is 3.23. The van der Waals surface area contributed by atoms with E-state index < -0.39 is 23.0 Å². The van der Waals surface area contributed by atoms with Gasteiger partial charge in [0.05, 0.1) is 10.9 Å². The van der Waals surface area contributed by atoms with Crippen molar-refractivity contribution in [3.05, 3.63) is 33.8 Å². The molecule has 16 heavy (non-hydrogen) atoms. The van der Waals surface area contributed by atoms with Gasteiger partial charge in [-0.15, -0.1) is 0 Å². The summed E-state index contributed by atoms with van der Waals surface area (Å²) in [6, 6.07) is 2.39. The topological polar surface area (TPSA) is 37.3 Å². The van der Waals surface area contributed by atoms with Gasteiger partial charge >= 0.3 is 5.97 Å². The van der Waals surface area contributed by atoms with Crippen LogP contribution in [0.4, 0.5) is 8.78 Å². The van der Waals surface area contributed by atoms with Crippen LogP contribution in [0.1, 0.15) is 25.8 Å². The number of rotatable bonds is 3. The monoisotopic (exact) mass is 292 g/mol. The van der Waals surface area contributed by atoms with Gasteiger partial charge in [-0.05, 0) is 27.6 Å². The zero-order chi connectivity index (χ0) is 12.5. The highest BCUT2D eigenvalue weighted by Gasteiger charge is 2.28. The predicted octanol–water partition coefficient (Wildman–Crippen LogP) is 3.48. The first-order chi connectivity index (χ1) is 7.25. The number of hydrogen-bond acceptors (Lipinski definition) is 1. The van der Waals surface area contributed by atoms with Gasteiger partial charge in [0.25, 0.3) is 0 Å². The van der Waals surface area contributed by atoms with Crippen molar-refractivity contribution in [2.75, 3.05) is 0 Å². The van der Waals surface area contributed by atoms with Crippen LogP contribution in [0.2, 0.25) is 0 Å². The van der Waals surface area contributed by atoms with Crippen LogP contribution < -0.4 is 0 Å². The molecule has 0 unspecified atom stereocenters. The number of carbonyl (C=O) groups is 1. The van der Waals surface area contributed by atoms with Crippen molar-refractivity contribution in [3.63, 3.8) is 0 Å². The molecule has 0 saturated carbocycles. The van der Waals surface area contributed by atoms with E-state index in [1.54, 1.807) is 13.8 Å². The molecule has 0 amide bonds. The maximum absolute atomic E-state index is 13.7. The third-order valence-electron chi connectivity index (χ3n) is 2.36. The highest BCUT2D eigenvalue weighted by molar-refractivity contribution is 9.10. The van der Waals surface area contributed by atoms with Crippen molar-refractivity contribution < 1.29 is 18.7 Å². The molecule has 0 fully saturated rings. The molecule has 0 radical (unpaired) electrons. The second kappa shape index (κ2) is 4.49. The first kappa shape index (κ1) is 13.1. The number of carboxylic acid groups (broad SMARTS) is 1. The van der Waals surface area contributed by atoms with Gasteiger partial charge in [0.15, 0.2) is 0 Å². The molecule has 2 nitrogen and oxygen atoms in total. The fourth-order valence-electron chi connectivity index (χ4n) is 1.52. The highest BCUT2D eigenvalue weighted by Crippen LogP contribution is 2.33. The highest BCUT2D eigenvalue weighted by atomic mass is 79.9. The number of halogens is 3. The molecule has 88 valence electrons. The minimum absolute atomic E-state index is 0.183. The minimum atomic E-state index is -1.02. The number of benzene rings is 1. The molecule has 0 heterocycles. The summed E-state index contributed by atoms with van der Waals surface area (Å²) in [5.74, 6) is -2.47. The van der Waals surface area contributed by atoms with E-state index in [0.717, 1.165) is 6.07 Å². The van der Waals surface area contributed by atoms with Gasteiger partial charge in [0.1, 0.15) is 11.6 Å². The van der Waals surface area contributed by atoms with Gasteiger partial charge < -0.3 is 5.11 Å². The Bertz CT molecular complexity index is 430. The third-order valence-corrected chi connectivity index (χ3v) is 3.08. The lowest BCUT2D eigenvalue weighted by Crippen LogP contribution is -2.23. The second-order valence-electron chi connectivity index (χ2n) is 4.18. The summed E-state index contributed by atoms with van der Waals surface area (Å²) in [5, 5.41) is 8.72. The Labute approximate surface area is 100 Å². The van der Waals surface area contributed by atoms with Gasteiger partial charge in [-0.1, -0.05) is 19.9 Å². The van der Waals surface area contributed by atoms with Crippen molar-refractivity contribution in [1.82, 2.24) is 0 Å². The molecule has 0 aromatic heterocycles. The van der Waals surface area contributed by atoms with Gasteiger partial charge in [-0.3, -0.25) is 4.79 Å². The van der Waals surface area contributed by atoms with E-state index in [2.05, 4.69) is 15.9 Å². The summed E-state index contributed by atoms with van der Waals surface area (Å²) in [4.78, 5) is 10.6. The summed E-state index contributed by atoms with van der Waals surface area (Å²) in [5.41, 5.74) is -0.699. The molecule has 0 bridgehead atoms. The quantitative estimate of drug-likeness (QED) is 0.866. The van der Waals surface area contributed by atoms with E-state index in [9.17, 15) is 13.6 Å². The van der Waals surface area contributed by atoms with Crippen LogP contribution in [0.3, 0.4) is 0 Å². The lowest BCUT2D eigenvalue weighted by Gasteiger charge is -2.24. The van der Waals surface area contributed by atoms with Crippen molar-refractivity contribution >= 4 is 21.9 Å². The van der Waals surface area contributed by atoms with Gasteiger partial charge in [0.2, 0.25) is 0 Å². The van der Waals surface area contributed by atoms with Crippen LogP contribution in [0.15, 0.2) is 16.6 Å². The normalized spacial score (nSPS) is 11.6. The molecule has 5 heteroatoms. The van der Waals surface area contributed by atoms with Crippen LogP contribution >= 0.6 is 15.9 Å². The number of carboxylic acids is 1. The van der Waals surface area contributed by atoms with Gasteiger partial charge in [-0.25, -0.2) is 8.78 Å². The van der Waals surface area contributed by atoms with Crippen molar-refractivity contribution in [1.29, 1.82) is 0 Å². The molecule has 0 aliphatic carbocycles. The molecule has 1 aromatic carbocycles. The van der Waals surface area contributed by atoms with E-state index in [0.29, 0.717) is 0 Å². The molecule has 1 N–H and O–H groups in total. The van der Waals surface area contributed by atoms with Crippen molar-refractivity contribution in [2.24, 2.45) is 0 Å². The molecule has 1 rings (SSSR count). The summed E-state index contributed by atoms with van der Waals surface area (Å²) >= 11 is 2.79. The molecule has 0 aliphatic rings. The van der Waals surface area contributed by atoms with Crippen LogP contribution in [0.5, 0.6) is 0 Å². The van der Waals surface area contributed by atoms with Crippen molar-refractivity contribution in [3.8, 4) is 0 Å². The Morgan fingerprint density at radius 3 is 2.50 bits per heavy atom. The molecule has 1 aromatic rings. The van der Waals surface area contributed by atoms with Crippen LogP contribution in [-0.4, -0.2) is 11.1 Å². The van der Waals surface area contributed by atoms with E-state index in [1.807, 2.05) is 0 Å². The Kier molecular flexibility index (Phi) is 3.68. The average molecular weight is 293 g/mol. The van der Waals surface area contributed by atoms with E-state index in [4.69, 9.17) is 5.11 Å². The Morgan fingerprint density at radius 1 is 1.44 bits per heavy atom. The first-order valence-corrected chi connectivity index (χ1v) is 5.41. The predicted molar refractivity (Wildman–Crippen MR) is 59.3 cm³/mol. The van der Waals surface area contributed by atoms with Crippen LogP contribution in [-0.2, 0) is 10.2 Å². The zero-order valence-electron chi connectivity index (χ0n) is 8.85. The number of hydrogen-bond donors (Lipinski definition) is 1. The second-order valence-corrected chi connectivity index (χ2v) is 4.97. The standard InChI is InChI=1S/C11H11BrF2O2/c1-11(2,5-8(15)16)6-3-4-7(13)9(12)10(6)14/h3-4H,5H2,1-2H3,(H,15,16). The van der Waals surface area contributed by atoms with Gasteiger partial charge in [-0.2, -0.15) is 0 Å². The zero-order valence-corrected chi connectivity index (χ0v) is 10.4. The Hall–Kier alpha value is -0.970. The summed E-state index contributed by atoms with van der Waals surface area (Å²) in [7, 11) is 0. The van der Waals surface area contributed by atoms with E-state index >= 15 is 0 Å². The lowest BCUT2D eigenvalue weighted by atomic mass is 9.81. The molecule has 0 spiro atoms. The lowest BCUT2D eigenvalue weighted by molar-refractivity contribution is -0.138. The SMILES string of the molecule is CC(C)(CC(=O)O)c1ccc(F)c(Br)c1F. The smallest absolute Gasteiger partial charge is 0.304 e. The third kappa shape index (κ3) is 2.58. The van der Waals surface area contributed by atoms with E-state index in [-0.39, 0.29) is 16.5 Å².